The summed E-state index contributed by atoms with van der Waals surface area (Å²) >= 11 is 0. The van der Waals surface area contributed by atoms with Crippen LogP contribution in [0.2, 0.25) is 0 Å². The zero-order chi connectivity index (χ0) is 19.0. The predicted molar refractivity (Wildman–Crippen MR) is 102 cm³/mol. The highest BCUT2D eigenvalue weighted by molar-refractivity contribution is 7.89. The average Bonchev–Trinajstić information content (AvgIpc) is 3.01. The van der Waals surface area contributed by atoms with E-state index in [4.69, 9.17) is 4.74 Å². The maximum atomic E-state index is 13.1. The summed E-state index contributed by atoms with van der Waals surface area (Å²) in [6.45, 7) is 2.48. The van der Waals surface area contributed by atoms with Crippen LogP contribution in [0.4, 0.5) is 0 Å². The van der Waals surface area contributed by atoms with Gasteiger partial charge < -0.3 is 14.7 Å². The predicted octanol–water partition coefficient (Wildman–Crippen LogP) is 1.88. The van der Waals surface area contributed by atoms with E-state index < -0.39 is 10.0 Å². The number of hydrogen-bond acceptors (Lipinski definition) is 4. The third-order valence-electron chi connectivity index (χ3n) is 4.72. The summed E-state index contributed by atoms with van der Waals surface area (Å²) in [7, 11) is -3.68. The summed E-state index contributed by atoms with van der Waals surface area (Å²) in [6, 6.07) is 14.5. The number of nitrogens with one attached hydrogen (secondary N) is 2. The van der Waals surface area contributed by atoms with Crippen LogP contribution in [0.3, 0.4) is 0 Å². The van der Waals surface area contributed by atoms with E-state index in [0.717, 1.165) is 5.56 Å². The van der Waals surface area contributed by atoms with Crippen LogP contribution in [-0.4, -0.2) is 48.0 Å². The molecular formula is C19H21N3O4S. The molecule has 0 spiro atoms. The number of morpholine rings is 1. The Morgan fingerprint density at radius 2 is 1.81 bits per heavy atom. The van der Waals surface area contributed by atoms with E-state index >= 15 is 0 Å². The Morgan fingerprint density at radius 3 is 2.59 bits per heavy atom. The molecule has 2 unspecified atom stereocenters. The van der Waals surface area contributed by atoms with Gasteiger partial charge in [0.2, 0.25) is 10.0 Å². The maximum absolute atomic E-state index is 13.1. The molecule has 2 aromatic carbocycles. The lowest BCUT2D eigenvalue weighted by Crippen LogP contribution is -2.49. The van der Waals surface area contributed by atoms with Crippen molar-refractivity contribution in [3.63, 3.8) is 0 Å². The number of fused-ring (bicyclic) bond motifs is 1. The van der Waals surface area contributed by atoms with Gasteiger partial charge in [-0.15, -0.1) is 0 Å². The van der Waals surface area contributed by atoms with E-state index in [9.17, 15) is 13.2 Å². The lowest BCUT2D eigenvalue weighted by atomic mass is 10.1. The first-order chi connectivity index (χ1) is 12.9. The van der Waals surface area contributed by atoms with Crippen molar-refractivity contribution in [3.8, 4) is 0 Å². The van der Waals surface area contributed by atoms with Gasteiger partial charge in [0.05, 0.1) is 28.1 Å². The van der Waals surface area contributed by atoms with Crippen molar-refractivity contribution in [2.24, 2.45) is 0 Å². The van der Waals surface area contributed by atoms with E-state index in [-0.39, 0.29) is 22.8 Å². The molecule has 0 radical (unpaired) electrons. The van der Waals surface area contributed by atoms with Crippen LogP contribution in [0.25, 0.3) is 11.0 Å². The fourth-order valence-electron chi connectivity index (χ4n) is 3.51. The minimum Gasteiger partial charge on any atom is -0.372 e. The molecule has 1 saturated heterocycles. The van der Waals surface area contributed by atoms with Crippen molar-refractivity contribution < 1.29 is 13.2 Å². The topological polar surface area (TPSA) is 95.3 Å². The minimum absolute atomic E-state index is 0.165. The second-order valence-electron chi connectivity index (χ2n) is 6.87. The summed E-state index contributed by atoms with van der Waals surface area (Å²) in [5.41, 5.74) is 1.81. The first kappa shape index (κ1) is 18.0. The van der Waals surface area contributed by atoms with Gasteiger partial charge in [0.15, 0.2) is 0 Å². The standard InChI is InChI=1S/C19H21N3O4S/c1-13-11-22(12-15(26-13)9-14-5-3-2-4-6-14)27(24,25)16-7-8-17-18(10-16)21-19(23)20-17/h2-8,10,13,15H,9,11-12H2,1H3,(H2,20,21,23). The van der Waals surface area contributed by atoms with E-state index in [2.05, 4.69) is 9.97 Å². The Kier molecular flexibility index (Phi) is 4.63. The molecule has 2 heterocycles. The minimum atomic E-state index is -3.68. The largest absolute Gasteiger partial charge is 0.372 e. The van der Waals surface area contributed by atoms with Gasteiger partial charge >= 0.3 is 5.69 Å². The molecule has 0 saturated carbocycles. The highest BCUT2D eigenvalue weighted by Crippen LogP contribution is 2.24. The SMILES string of the molecule is CC1CN(S(=O)(=O)c2ccc3[nH]c(=O)[nH]c3c2)CC(Cc2ccccc2)O1. The summed E-state index contributed by atoms with van der Waals surface area (Å²) < 4.78 is 33.7. The number of ether oxygens (including phenoxy) is 1. The van der Waals surface area contributed by atoms with E-state index in [1.54, 1.807) is 6.07 Å². The van der Waals surface area contributed by atoms with E-state index in [0.29, 0.717) is 30.5 Å². The number of imidazole rings is 1. The maximum Gasteiger partial charge on any atom is 0.323 e. The molecule has 8 heteroatoms. The summed E-state index contributed by atoms with van der Waals surface area (Å²) in [6.07, 6.45) is 0.251. The second kappa shape index (κ2) is 6.95. The number of H-pyrrole nitrogens is 2. The molecule has 0 bridgehead atoms. The van der Waals surface area contributed by atoms with Crippen molar-refractivity contribution in [3.05, 3.63) is 64.6 Å². The number of aromatic nitrogens is 2. The molecule has 2 atom stereocenters. The lowest BCUT2D eigenvalue weighted by molar-refractivity contribution is -0.0529. The number of sulfonamides is 1. The molecule has 0 aliphatic carbocycles. The van der Waals surface area contributed by atoms with Crippen LogP contribution in [0.15, 0.2) is 58.2 Å². The highest BCUT2D eigenvalue weighted by atomic mass is 32.2. The molecule has 1 fully saturated rings. The van der Waals surface area contributed by atoms with Gasteiger partial charge in [-0.1, -0.05) is 30.3 Å². The van der Waals surface area contributed by atoms with Gasteiger partial charge in [-0.2, -0.15) is 4.31 Å². The number of nitrogens with zero attached hydrogens (tertiary/aromatic N) is 1. The fourth-order valence-corrected chi connectivity index (χ4v) is 5.08. The van der Waals surface area contributed by atoms with Gasteiger partial charge in [0.25, 0.3) is 0 Å². The Hall–Kier alpha value is -2.42. The Morgan fingerprint density at radius 1 is 1.07 bits per heavy atom. The lowest BCUT2D eigenvalue weighted by Gasteiger charge is -2.36. The van der Waals surface area contributed by atoms with Crippen molar-refractivity contribution in [1.29, 1.82) is 0 Å². The molecule has 142 valence electrons. The van der Waals surface area contributed by atoms with Crippen molar-refractivity contribution in [2.45, 2.75) is 30.4 Å². The Bertz CT molecular complexity index is 1100. The molecule has 7 nitrogen and oxygen atoms in total. The molecule has 1 aliphatic rings. The quantitative estimate of drug-likeness (QED) is 0.714. The smallest absolute Gasteiger partial charge is 0.323 e. The van der Waals surface area contributed by atoms with Gasteiger partial charge in [-0.25, -0.2) is 13.2 Å². The van der Waals surface area contributed by atoms with Crippen LogP contribution in [0, 0.1) is 0 Å². The third-order valence-corrected chi connectivity index (χ3v) is 6.55. The summed E-state index contributed by atoms with van der Waals surface area (Å²) in [4.78, 5) is 16.8. The van der Waals surface area contributed by atoms with Gasteiger partial charge in [0.1, 0.15) is 0 Å². The van der Waals surface area contributed by atoms with Gasteiger partial charge in [-0.05, 0) is 37.1 Å². The second-order valence-corrected chi connectivity index (χ2v) is 8.80. The van der Waals surface area contributed by atoms with Crippen molar-refractivity contribution in [2.75, 3.05) is 13.1 Å². The van der Waals surface area contributed by atoms with Crippen LogP contribution < -0.4 is 5.69 Å². The Balaban J connectivity index is 1.60. The van der Waals surface area contributed by atoms with Crippen molar-refractivity contribution >= 4 is 21.1 Å². The van der Waals surface area contributed by atoms with Gasteiger partial charge in [0, 0.05) is 13.1 Å². The molecule has 0 amide bonds. The van der Waals surface area contributed by atoms with E-state index in [1.165, 1.54) is 16.4 Å². The summed E-state index contributed by atoms with van der Waals surface area (Å²) in [5.74, 6) is 0. The molecule has 2 N–H and O–H groups in total. The zero-order valence-electron chi connectivity index (χ0n) is 14.9. The zero-order valence-corrected chi connectivity index (χ0v) is 15.7. The van der Waals surface area contributed by atoms with E-state index in [1.807, 2.05) is 37.3 Å². The summed E-state index contributed by atoms with van der Waals surface area (Å²) in [5, 5.41) is 0. The molecule has 27 heavy (non-hydrogen) atoms. The molecule has 4 rings (SSSR count). The van der Waals surface area contributed by atoms with Gasteiger partial charge in [-0.3, -0.25) is 0 Å². The number of hydrogen-bond donors (Lipinski definition) is 2. The number of rotatable bonds is 4. The third kappa shape index (κ3) is 3.69. The monoisotopic (exact) mass is 387 g/mol. The first-order valence-electron chi connectivity index (χ1n) is 8.83. The molecule has 3 aromatic rings. The highest BCUT2D eigenvalue weighted by Gasteiger charge is 2.34. The number of aromatic amines is 2. The Labute approximate surface area is 157 Å². The number of benzene rings is 2. The molecule has 1 aliphatic heterocycles. The molecular weight excluding hydrogens is 366 g/mol. The van der Waals surface area contributed by atoms with Crippen LogP contribution >= 0.6 is 0 Å². The first-order valence-corrected chi connectivity index (χ1v) is 10.3. The molecule has 1 aromatic heterocycles. The normalized spacial score (nSPS) is 21.5. The van der Waals surface area contributed by atoms with Crippen LogP contribution in [0.1, 0.15) is 12.5 Å². The van der Waals surface area contributed by atoms with Crippen LogP contribution in [0.5, 0.6) is 0 Å². The average molecular weight is 387 g/mol. The fraction of sp³-hybridized carbons (Fsp3) is 0.316. The van der Waals surface area contributed by atoms with Crippen molar-refractivity contribution in [1.82, 2.24) is 14.3 Å². The van der Waals surface area contributed by atoms with Crippen LogP contribution in [-0.2, 0) is 21.2 Å².